The summed E-state index contributed by atoms with van der Waals surface area (Å²) < 4.78 is 0. The van der Waals surface area contributed by atoms with Crippen LogP contribution in [0.4, 0.5) is 10.5 Å². The number of benzene rings is 1. The molecule has 1 unspecified atom stereocenters. The van der Waals surface area contributed by atoms with Gasteiger partial charge in [-0.05, 0) is 24.5 Å². The van der Waals surface area contributed by atoms with Crippen LogP contribution in [0.1, 0.15) is 25.3 Å². The highest BCUT2D eigenvalue weighted by Crippen LogP contribution is 2.15. The highest BCUT2D eigenvalue weighted by molar-refractivity contribution is 6.04. The van der Waals surface area contributed by atoms with E-state index in [1.54, 1.807) is 0 Å². The summed E-state index contributed by atoms with van der Waals surface area (Å²) in [5.74, 6) is -0.124. The van der Waals surface area contributed by atoms with Gasteiger partial charge in [0.15, 0.2) is 0 Å². The average molecular weight is 261 g/mol. The predicted molar refractivity (Wildman–Crippen MR) is 73.5 cm³/mol. The zero-order valence-electron chi connectivity index (χ0n) is 11.1. The van der Waals surface area contributed by atoms with Gasteiger partial charge in [0.1, 0.15) is 6.04 Å². The Labute approximate surface area is 112 Å². The number of nitrogens with zero attached hydrogens (tertiary/aromatic N) is 1. The molecule has 102 valence electrons. The number of anilines is 1. The van der Waals surface area contributed by atoms with Gasteiger partial charge in [-0.3, -0.25) is 9.69 Å². The predicted octanol–water partition coefficient (Wildman–Crippen LogP) is 1.53. The van der Waals surface area contributed by atoms with E-state index in [2.05, 4.69) is 5.32 Å². The first-order valence-electron chi connectivity index (χ1n) is 6.58. The third kappa shape index (κ3) is 2.86. The fourth-order valence-corrected chi connectivity index (χ4v) is 2.27. The quantitative estimate of drug-likeness (QED) is 0.623. The summed E-state index contributed by atoms with van der Waals surface area (Å²) in [5.41, 5.74) is 7.50. The maximum absolute atomic E-state index is 12.0. The summed E-state index contributed by atoms with van der Waals surface area (Å²) in [6.45, 7) is 2.37. The number of imide groups is 1. The first-order valence-corrected chi connectivity index (χ1v) is 6.58. The van der Waals surface area contributed by atoms with Gasteiger partial charge >= 0.3 is 6.03 Å². The second-order valence-corrected chi connectivity index (χ2v) is 4.73. The van der Waals surface area contributed by atoms with Crippen molar-refractivity contribution in [2.24, 2.45) is 0 Å². The van der Waals surface area contributed by atoms with E-state index in [-0.39, 0.29) is 18.0 Å². The molecule has 1 heterocycles. The molecule has 0 saturated carbocycles. The molecule has 0 aromatic heterocycles. The minimum atomic E-state index is -0.356. The van der Waals surface area contributed by atoms with Crippen molar-refractivity contribution in [2.75, 3.05) is 12.3 Å². The highest BCUT2D eigenvalue weighted by atomic mass is 16.2. The molecule has 2 rings (SSSR count). The molecule has 5 nitrogen and oxygen atoms in total. The molecule has 19 heavy (non-hydrogen) atoms. The summed E-state index contributed by atoms with van der Waals surface area (Å²) >= 11 is 0. The molecule has 1 saturated heterocycles. The van der Waals surface area contributed by atoms with Crippen LogP contribution in [0.5, 0.6) is 0 Å². The number of urea groups is 1. The van der Waals surface area contributed by atoms with Crippen LogP contribution in [0.2, 0.25) is 0 Å². The molecular weight excluding hydrogens is 242 g/mol. The number of carbonyl (C=O) groups is 2. The van der Waals surface area contributed by atoms with Crippen LogP contribution in [0.15, 0.2) is 24.3 Å². The van der Waals surface area contributed by atoms with Crippen LogP contribution in [-0.2, 0) is 11.2 Å². The number of nitrogens with one attached hydrogen (secondary N) is 1. The molecule has 3 amide bonds. The maximum atomic E-state index is 12.0. The van der Waals surface area contributed by atoms with Crippen LogP contribution in [-0.4, -0.2) is 29.4 Å². The smallest absolute Gasteiger partial charge is 0.324 e. The van der Waals surface area contributed by atoms with Crippen molar-refractivity contribution in [2.45, 2.75) is 32.2 Å². The number of amides is 3. The maximum Gasteiger partial charge on any atom is 0.324 e. The van der Waals surface area contributed by atoms with Crippen molar-refractivity contribution >= 4 is 17.6 Å². The third-order valence-electron chi connectivity index (χ3n) is 3.34. The summed E-state index contributed by atoms with van der Waals surface area (Å²) in [5, 5.41) is 2.71. The summed E-state index contributed by atoms with van der Waals surface area (Å²) in [7, 11) is 0. The Bertz CT molecular complexity index is 487. The lowest BCUT2D eigenvalue weighted by Gasteiger charge is -2.13. The van der Waals surface area contributed by atoms with Crippen molar-refractivity contribution in [3.8, 4) is 0 Å². The number of hydrogen-bond donors (Lipinski definition) is 2. The average Bonchev–Trinajstić information content (AvgIpc) is 2.65. The number of nitrogen functional groups attached to an aromatic ring is 1. The van der Waals surface area contributed by atoms with Crippen LogP contribution in [0.25, 0.3) is 0 Å². The monoisotopic (exact) mass is 261 g/mol. The van der Waals surface area contributed by atoms with E-state index in [9.17, 15) is 9.59 Å². The second-order valence-electron chi connectivity index (χ2n) is 4.73. The van der Waals surface area contributed by atoms with Gasteiger partial charge in [0.05, 0.1) is 0 Å². The van der Waals surface area contributed by atoms with E-state index in [0.717, 1.165) is 12.0 Å². The fraction of sp³-hybridized carbons (Fsp3) is 0.429. The molecule has 1 atom stereocenters. The normalized spacial score (nSPS) is 18.8. The summed E-state index contributed by atoms with van der Waals surface area (Å²) in [4.78, 5) is 25.0. The Morgan fingerprint density at radius 1 is 1.32 bits per heavy atom. The van der Waals surface area contributed by atoms with Gasteiger partial charge in [-0.15, -0.1) is 0 Å². The number of carbonyl (C=O) groups excluding carboxylic acids is 2. The van der Waals surface area contributed by atoms with Gasteiger partial charge in [-0.1, -0.05) is 31.5 Å². The van der Waals surface area contributed by atoms with E-state index in [0.29, 0.717) is 25.1 Å². The molecule has 1 aromatic carbocycles. The lowest BCUT2D eigenvalue weighted by Crippen LogP contribution is -2.33. The standard InChI is InChI=1S/C14H19N3O2/c1-2-5-12-13(18)17(14(19)16-12)9-8-10-6-3-4-7-11(10)15/h3-4,6-7,12H,2,5,8-9,15H2,1H3,(H,16,19). The van der Waals surface area contributed by atoms with E-state index in [1.807, 2.05) is 31.2 Å². The van der Waals surface area contributed by atoms with E-state index in [4.69, 9.17) is 5.73 Å². The molecule has 0 radical (unpaired) electrons. The largest absolute Gasteiger partial charge is 0.399 e. The first-order chi connectivity index (χ1) is 9.13. The number of rotatable bonds is 5. The van der Waals surface area contributed by atoms with Crippen LogP contribution < -0.4 is 11.1 Å². The van der Waals surface area contributed by atoms with Crippen molar-refractivity contribution < 1.29 is 9.59 Å². The molecular formula is C14H19N3O2. The Balaban J connectivity index is 1.98. The van der Waals surface area contributed by atoms with Crippen molar-refractivity contribution in [3.05, 3.63) is 29.8 Å². The Hall–Kier alpha value is -2.04. The van der Waals surface area contributed by atoms with E-state index < -0.39 is 0 Å². The molecule has 1 fully saturated rings. The highest BCUT2D eigenvalue weighted by Gasteiger charge is 2.36. The lowest BCUT2D eigenvalue weighted by atomic mass is 10.1. The van der Waals surface area contributed by atoms with Crippen molar-refractivity contribution in [1.82, 2.24) is 10.2 Å². The second kappa shape index (κ2) is 5.73. The molecule has 3 N–H and O–H groups in total. The van der Waals surface area contributed by atoms with E-state index in [1.165, 1.54) is 4.90 Å². The van der Waals surface area contributed by atoms with Gasteiger partial charge in [-0.25, -0.2) is 4.79 Å². The summed E-state index contributed by atoms with van der Waals surface area (Å²) in [6.07, 6.45) is 2.15. The topological polar surface area (TPSA) is 75.4 Å². The zero-order chi connectivity index (χ0) is 13.8. The first kappa shape index (κ1) is 13.4. The molecule has 1 aromatic rings. The minimum absolute atomic E-state index is 0.124. The molecule has 0 aliphatic carbocycles. The summed E-state index contributed by atoms with van der Waals surface area (Å²) in [6, 6.07) is 6.85. The third-order valence-corrected chi connectivity index (χ3v) is 3.34. The number of nitrogens with two attached hydrogens (primary N) is 1. The molecule has 1 aliphatic rings. The Morgan fingerprint density at radius 2 is 2.05 bits per heavy atom. The lowest BCUT2D eigenvalue weighted by molar-refractivity contribution is -0.127. The fourth-order valence-electron chi connectivity index (χ4n) is 2.27. The molecule has 1 aliphatic heterocycles. The van der Waals surface area contributed by atoms with Crippen LogP contribution in [0, 0.1) is 0 Å². The Kier molecular flexibility index (Phi) is 4.04. The van der Waals surface area contributed by atoms with E-state index >= 15 is 0 Å². The minimum Gasteiger partial charge on any atom is -0.399 e. The van der Waals surface area contributed by atoms with Crippen molar-refractivity contribution in [1.29, 1.82) is 0 Å². The van der Waals surface area contributed by atoms with Gasteiger partial charge in [0, 0.05) is 12.2 Å². The van der Waals surface area contributed by atoms with Gasteiger partial charge in [0.2, 0.25) is 0 Å². The number of hydrogen-bond acceptors (Lipinski definition) is 3. The zero-order valence-corrected chi connectivity index (χ0v) is 11.1. The number of para-hydroxylation sites is 1. The van der Waals surface area contributed by atoms with Crippen LogP contribution >= 0.6 is 0 Å². The SMILES string of the molecule is CCCC1NC(=O)N(CCc2ccccc2N)C1=O. The van der Waals surface area contributed by atoms with Crippen LogP contribution in [0.3, 0.4) is 0 Å². The van der Waals surface area contributed by atoms with Crippen molar-refractivity contribution in [3.63, 3.8) is 0 Å². The molecule has 0 bridgehead atoms. The Morgan fingerprint density at radius 3 is 2.74 bits per heavy atom. The van der Waals surface area contributed by atoms with Gasteiger partial charge in [0.25, 0.3) is 5.91 Å². The molecule has 0 spiro atoms. The molecule has 5 heteroatoms. The van der Waals surface area contributed by atoms with Gasteiger partial charge < -0.3 is 11.1 Å². The van der Waals surface area contributed by atoms with Gasteiger partial charge in [-0.2, -0.15) is 0 Å².